The Morgan fingerprint density at radius 3 is 2.71 bits per heavy atom. The van der Waals surface area contributed by atoms with Gasteiger partial charge < -0.3 is 9.72 Å². The van der Waals surface area contributed by atoms with Gasteiger partial charge in [-0.05, 0) is 0 Å². The highest BCUT2D eigenvalue weighted by molar-refractivity contribution is 7.89. The Bertz CT molecular complexity index is 478. The van der Waals surface area contributed by atoms with E-state index in [0.29, 0.717) is 16.2 Å². The van der Waals surface area contributed by atoms with Crippen LogP contribution < -0.4 is 4.74 Å². The molecule has 0 aliphatic rings. The van der Waals surface area contributed by atoms with E-state index in [4.69, 9.17) is 17.0 Å². The zero-order valence-electron chi connectivity index (χ0n) is 7.77. The molecule has 0 radical (unpaired) electrons. The summed E-state index contributed by atoms with van der Waals surface area (Å²) >= 11 is 4.91. The lowest BCUT2D eigenvalue weighted by atomic mass is 10.5. The summed E-state index contributed by atoms with van der Waals surface area (Å²) in [5, 5.41) is 0. The molecule has 14 heavy (non-hydrogen) atoms. The molecule has 1 aromatic heterocycles. The zero-order valence-corrected chi connectivity index (χ0v) is 9.41. The zero-order chi connectivity index (χ0) is 10.8. The number of nitrogens with one attached hydrogen (secondary N) is 1. The molecule has 5 nitrogen and oxygen atoms in total. The highest BCUT2D eigenvalue weighted by Crippen LogP contribution is 2.09. The number of aromatic amines is 1. The van der Waals surface area contributed by atoms with Crippen molar-refractivity contribution in [3.63, 3.8) is 0 Å². The van der Waals surface area contributed by atoms with Crippen molar-refractivity contribution >= 4 is 22.1 Å². The van der Waals surface area contributed by atoms with Gasteiger partial charge in [0.1, 0.15) is 16.2 Å². The van der Waals surface area contributed by atoms with Gasteiger partial charge in [-0.1, -0.05) is 12.2 Å². The summed E-state index contributed by atoms with van der Waals surface area (Å²) in [6.45, 7) is 0. The molecule has 0 atom stereocenters. The highest BCUT2D eigenvalue weighted by Gasteiger charge is 2.07. The molecule has 0 bridgehead atoms. The van der Waals surface area contributed by atoms with Crippen LogP contribution in [0, 0.1) is 4.64 Å². The molecule has 0 aromatic carbocycles. The lowest BCUT2D eigenvalue weighted by molar-refractivity contribution is 0.408. The van der Waals surface area contributed by atoms with Crippen LogP contribution in [0.1, 0.15) is 5.82 Å². The number of H-pyrrole nitrogens is 1. The van der Waals surface area contributed by atoms with E-state index in [0.717, 1.165) is 6.26 Å². The van der Waals surface area contributed by atoms with Gasteiger partial charge in [0.2, 0.25) is 0 Å². The lowest BCUT2D eigenvalue weighted by Crippen LogP contribution is -2.05. The maximum absolute atomic E-state index is 10.9. The van der Waals surface area contributed by atoms with E-state index in [1.165, 1.54) is 13.3 Å². The Morgan fingerprint density at radius 1 is 1.64 bits per heavy atom. The number of ether oxygens (including phenoxy) is 1. The number of aromatic nitrogens is 2. The molecule has 0 amide bonds. The van der Waals surface area contributed by atoms with Gasteiger partial charge in [-0.15, -0.1) is 0 Å². The smallest absolute Gasteiger partial charge is 0.171 e. The van der Waals surface area contributed by atoms with E-state index in [1.54, 1.807) is 0 Å². The summed E-state index contributed by atoms with van der Waals surface area (Å²) in [6.07, 6.45) is 2.54. The van der Waals surface area contributed by atoms with Crippen molar-refractivity contribution in [1.82, 2.24) is 9.97 Å². The second-order valence-corrected chi connectivity index (χ2v) is 5.35. The Hall–Kier alpha value is -0.950. The van der Waals surface area contributed by atoms with Gasteiger partial charge in [0, 0.05) is 6.26 Å². The van der Waals surface area contributed by atoms with Crippen LogP contribution in [0.3, 0.4) is 0 Å². The van der Waals surface area contributed by atoms with Crippen molar-refractivity contribution in [2.75, 3.05) is 13.4 Å². The Labute approximate surface area is 87.1 Å². The van der Waals surface area contributed by atoms with Crippen molar-refractivity contribution < 1.29 is 13.2 Å². The Balaban J connectivity index is 3.04. The maximum Gasteiger partial charge on any atom is 0.171 e. The third-order valence-electron chi connectivity index (χ3n) is 1.44. The van der Waals surface area contributed by atoms with E-state index >= 15 is 0 Å². The van der Waals surface area contributed by atoms with Gasteiger partial charge in [-0.25, -0.2) is 13.4 Å². The largest absolute Gasteiger partial charge is 0.492 e. The Kier molecular flexibility index (Phi) is 3.22. The average molecular weight is 234 g/mol. The molecule has 1 aromatic rings. The molecule has 78 valence electrons. The van der Waals surface area contributed by atoms with Crippen LogP contribution >= 0.6 is 12.2 Å². The lowest BCUT2D eigenvalue weighted by Gasteiger charge is -2.02. The van der Waals surface area contributed by atoms with E-state index in [9.17, 15) is 8.42 Å². The van der Waals surface area contributed by atoms with E-state index in [1.807, 2.05) is 0 Å². The highest BCUT2D eigenvalue weighted by atomic mass is 32.2. The average Bonchev–Trinajstić information content (AvgIpc) is 2.01. The fraction of sp³-hybridized carbons (Fsp3) is 0.429. The van der Waals surface area contributed by atoms with Crippen molar-refractivity contribution in [3.05, 3.63) is 16.7 Å². The molecule has 1 N–H and O–H groups in total. The van der Waals surface area contributed by atoms with Gasteiger partial charge in [-0.2, -0.15) is 0 Å². The number of nitrogens with zero attached hydrogens (tertiary/aromatic N) is 1. The second-order valence-electron chi connectivity index (χ2n) is 2.80. The molecule has 0 aliphatic heterocycles. The fourth-order valence-electron chi connectivity index (χ4n) is 0.887. The maximum atomic E-state index is 10.9. The van der Waals surface area contributed by atoms with Crippen LogP contribution in [0.5, 0.6) is 5.75 Å². The first kappa shape index (κ1) is 11.1. The summed E-state index contributed by atoms with van der Waals surface area (Å²) < 4.78 is 27.1. The van der Waals surface area contributed by atoms with Crippen molar-refractivity contribution in [3.8, 4) is 5.75 Å². The van der Waals surface area contributed by atoms with Crippen LogP contribution in [0.25, 0.3) is 0 Å². The minimum absolute atomic E-state index is 0.152. The molecule has 0 aliphatic carbocycles. The molecule has 7 heteroatoms. The first-order valence-electron chi connectivity index (χ1n) is 3.72. The first-order chi connectivity index (χ1) is 6.42. The van der Waals surface area contributed by atoms with Crippen LogP contribution in [0.2, 0.25) is 0 Å². The van der Waals surface area contributed by atoms with Crippen LogP contribution in [0.4, 0.5) is 0 Å². The monoisotopic (exact) mass is 234 g/mol. The van der Waals surface area contributed by atoms with Gasteiger partial charge in [0.05, 0.1) is 13.3 Å². The predicted octanol–water partition coefficient (Wildman–Crippen LogP) is 0.692. The first-order valence-corrected chi connectivity index (χ1v) is 6.19. The predicted molar refractivity (Wildman–Crippen MR) is 54.5 cm³/mol. The van der Waals surface area contributed by atoms with Crippen LogP contribution in [-0.2, 0) is 15.6 Å². The minimum Gasteiger partial charge on any atom is -0.492 e. The van der Waals surface area contributed by atoms with Crippen molar-refractivity contribution in [1.29, 1.82) is 0 Å². The normalized spacial score (nSPS) is 11.3. The molecule has 0 saturated heterocycles. The molecule has 0 fully saturated rings. The standard InChI is InChI=1S/C7H10N2O3S2/c1-12-5-3-8-6(9-7(5)13)4-14(2,10)11/h3H,4H2,1-2H3,(H,8,9,13). The van der Waals surface area contributed by atoms with Gasteiger partial charge in [-0.3, -0.25) is 0 Å². The number of methoxy groups -OCH3 is 1. The fourth-order valence-corrected chi connectivity index (χ4v) is 1.78. The third kappa shape index (κ3) is 3.08. The molecule has 0 spiro atoms. The SMILES string of the molecule is COc1cnc(CS(C)(=O)=O)[nH]c1=S. The summed E-state index contributed by atoms with van der Waals surface area (Å²) in [6, 6.07) is 0. The summed E-state index contributed by atoms with van der Waals surface area (Å²) in [5.74, 6) is 0.594. The number of rotatable bonds is 3. The number of hydrogen-bond donors (Lipinski definition) is 1. The second kappa shape index (κ2) is 4.05. The van der Waals surface area contributed by atoms with Gasteiger partial charge >= 0.3 is 0 Å². The molecule has 1 rings (SSSR count). The molecular formula is C7H10N2O3S2. The Morgan fingerprint density at radius 2 is 2.29 bits per heavy atom. The van der Waals surface area contributed by atoms with Crippen molar-refractivity contribution in [2.45, 2.75) is 5.75 Å². The summed E-state index contributed by atoms with van der Waals surface area (Å²) in [5.41, 5.74) is 0. The number of hydrogen-bond acceptors (Lipinski definition) is 5. The van der Waals surface area contributed by atoms with E-state index in [2.05, 4.69) is 9.97 Å². The van der Waals surface area contributed by atoms with Crippen LogP contribution in [-0.4, -0.2) is 31.8 Å². The summed E-state index contributed by atoms with van der Waals surface area (Å²) in [4.78, 5) is 6.55. The van der Waals surface area contributed by atoms with Crippen LogP contribution in [0.15, 0.2) is 6.20 Å². The minimum atomic E-state index is -3.09. The molecule has 1 heterocycles. The molecule has 0 unspecified atom stereocenters. The van der Waals surface area contributed by atoms with E-state index in [-0.39, 0.29) is 5.75 Å². The van der Waals surface area contributed by atoms with Crippen molar-refractivity contribution in [2.24, 2.45) is 0 Å². The molecule has 0 saturated carbocycles. The topological polar surface area (TPSA) is 72.0 Å². The third-order valence-corrected chi connectivity index (χ3v) is 2.54. The van der Waals surface area contributed by atoms with Gasteiger partial charge in [0.15, 0.2) is 15.6 Å². The van der Waals surface area contributed by atoms with Gasteiger partial charge in [0.25, 0.3) is 0 Å². The molecular weight excluding hydrogens is 224 g/mol. The number of sulfone groups is 1. The quantitative estimate of drug-likeness (QED) is 0.779. The summed E-state index contributed by atoms with van der Waals surface area (Å²) in [7, 11) is -1.63. The van der Waals surface area contributed by atoms with E-state index < -0.39 is 9.84 Å².